The van der Waals surface area contributed by atoms with Crippen molar-refractivity contribution in [3.8, 4) is 0 Å². The number of piperidine rings is 1. The highest BCUT2D eigenvalue weighted by Crippen LogP contribution is 2.16. The first-order valence-corrected chi connectivity index (χ1v) is 7.11. The van der Waals surface area contributed by atoms with Gasteiger partial charge in [0.15, 0.2) is 0 Å². The van der Waals surface area contributed by atoms with E-state index in [9.17, 15) is 4.79 Å². The third-order valence-electron chi connectivity index (χ3n) is 3.55. The summed E-state index contributed by atoms with van der Waals surface area (Å²) in [4.78, 5) is 13.4. The van der Waals surface area contributed by atoms with Gasteiger partial charge in [-0.1, -0.05) is 13.8 Å². The van der Waals surface area contributed by atoms with Gasteiger partial charge in [0.25, 0.3) is 0 Å². The zero-order valence-corrected chi connectivity index (χ0v) is 12.1. The van der Waals surface area contributed by atoms with E-state index < -0.39 is 0 Å². The molecule has 0 aromatic rings. The molecular formula is C14H28N2O2. The highest BCUT2D eigenvalue weighted by molar-refractivity contribution is 5.69. The Bertz CT molecular complexity index is 236. The Balaban J connectivity index is 2.07. The molecule has 4 heteroatoms. The minimum Gasteiger partial charge on any atom is -0.469 e. The van der Waals surface area contributed by atoms with Crippen molar-refractivity contribution in [3.05, 3.63) is 0 Å². The van der Waals surface area contributed by atoms with Crippen LogP contribution in [0.2, 0.25) is 0 Å². The molecule has 1 saturated heterocycles. The van der Waals surface area contributed by atoms with E-state index in [2.05, 4.69) is 28.8 Å². The maximum absolute atomic E-state index is 11.1. The van der Waals surface area contributed by atoms with Gasteiger partial charge in [-0.05, 0) is 50.9 Å². The Labute approximate surface area is 111 Å². The summed E-state index contributed by atoms with van der Waals surface area (Å²) in [5.41, 5.74) is 0. The van der Waals surface area contributed by atoms with E-state index >= 15 is 0 Å². The number of methoxy groups -OCH3 is 1. The third kappa shape index (κ3) is 6.36. The molecule has 0 saturated carbocycles. The Morgan fingerprint density at radius 2 is 2.06 bits per heavy atom. The molecule has 0 aromatic carbocycles. The predicted molar refractivity (Wildman–Crippen MR) is 73.5 cm³/mol. The quantitative estimate of drug-likeness (QED) is 0.701. The maximum Gasteiger partial charge on any atom is 0.306 e. The van der Waals surface area contributed by atoms with Gasteiger partial charge >= 0.3 is 5.97 Å². The molecule has 1 heterocycles. The zero-order chi connectivity index (χ0) is 13.4. The van der Waals surface area contributed by atoms with Crippen LogP contribution in [0.5, 0.6) is 0 Å². The number of nitrogens with one attached hydrogen (secondary N) is 1. The topological polar surface area (TPSA) is 41.6 Å². The molecule has 1 rings (SSSR count). The monoisotopic (exact) mass is 256 g/mol. The Kier molecular flexibility index (Phi) is 7.28. The van der Waals surface area contributed by atoms with Crippen LogP contribution in [0.15, 0.2) is 0 Å². The molecule has 1 aliphatic heterocycles. The van der Waals surface area contributed by atoms with Crippen LogP contribution < -0.4 is 5.32 Å². The number of ether oxygens (including phenoxy) is 1. The van der Waals surface area contributed by atoms with Gasteiger partial charge in [-0.2, -0.15) is 0 Å². The van der Waals surface area contributed by atoms with Gasteiger partial charge in [-0.15, -0.1) is 0 Å². The van der Waals surface area contributed by atoms with Crippen molar-refractivity contribution in [1.29, 1.82) is 0 Å². The highest BCUT2D eigenvalue weighted by atomic mass is 16.5. The molecule has 18 heavy (non-hydrogen) atoms. The van der Waals surface area contributed by atoms with Gasteiger partial charge in [-0.3, -0.25) is 4.79 Å². The van der Waals surface area contributed by atoms with Crippen molar-refractivity contribution in [2.75, 3.05) is 39.8 Å². The molecule has 1 aliphatic rings. The van der Waals surface area contributed by atoms with Crippen LogP contribution in [0.25, 0.3) is 0 Å². The van der Waals surface area contributed by atoms with Crippen LogP contribution in [-0.2, 0) is 9.53 Å². The van der Waals surface area contributed by atoms with Gasteiger partial charge in [-0.25, -0.2) is 0 Å². The van der Waals surface area contributed by atoms with E-state index in [1.165, 1.54) is 20.0 Å². The molecule has 0 spiro atoms. The first-order chi connectivity index (χ1) is 8.61. The molecule has 4 nitrogen and oxygen atoms in total. The Hall–Kier alpha value is -0.610. The molecule has 0 aliphatic carbocycles. The number of likely N-dealkylation sites (tertiary alicyclic amines) is 1. The largest absolute Gasteiger partial charge is 0.469 e. The minimum absolute atomic E-state index is 0.101. The van der Waals surface area contributed by atoms with E-state index in [0.717, 1.165) is 44.6 Å². The average Bonchev–Trinajstić information content (AvgIpc) is 2.37. The van der Waals surface area contributed by atoms with Crippen molar-refractivity contribution < 1.29 is 9.53 Å². The number of carbonyl (C=O) groups is 1. The SMILES string of the molecule is COC(=O)CCN1CCC(CNCC(C)C)CC1. The van der Waals surface area contributed by atoms with Gasteiger partial charge in [0.1, 0.15) is 0 Å². The summed E-state index contributed by atoms with van der Waals surface area (Å²) < 4.78 is 4.66. The van der Waals surface area contributed by atoms with Crippen LogP contribution in [0, 0.1) is 11.8 Å². The number of nitrogens with zero attached hydrogens (tertiary/aromatic N) is 1. The normalized spacial score (nSPS) is 18.2. The lowest BCUT2D eigenvalue weighted by Gasteiger charge is -2.31. The van der Waals surface area contributed by atoms with Crippen LogP contribution >= 0.6 is 0 Å². The first-order valence-electron chi connectivity index (χ1n) is 7.11. The molecule has 0 atom stereocenters. The number of hydrogen-bond donors (Lipinski definition) is 1. The van der Waals surface area contributed by atoms with E-state index in [4.69, 9.17) is 0 Å². The lowest BCUT2D eigenvalue weighted by Crippen LogP contribution is -2.38. The van der Waals surface area contributed by atoms with Crippen LogP contribution in [-0.4, -0.2) is 50.7 Å². The summed E-state index contributed by atoms with van der Waals surface area (Å²) >= 11 is 0. The minimum atomic E-state index is -0.101. The summed E-state index contributed by atoms with van der Waals surface area (Å²) in [6.45, 7) is 9.81. The van der Waals surface area contributed by atoms with Crippen LogP contribution in [0.1, 0.15) is 33.1 Å². The van der Waals surface area contributed by atoms with Gasteiger partial charge < -0.3 is 15.0 Å². The molecule has 106 valence electrons. The lowest BCUT2D eigenvalue weighted by molar-refractivity contribution is -0.141. The van der Waals surface area contributed by atoms with E-state index in [0.29, 0.717) is 6.42 Å². The van der Waals surface area contributed by atoms with Gasteiger partial charge in [0, 0.05) is 6.54 Å². The zero-order valence-electron chi connectivity index (χ0n) is 12.1. The van der Waals surface area contributed by atoms with Crippen LogP contribution in [0.3, 0.4) is 0 Å². The second-order valence-electron chi connectivity index (χ2n) is 5.66. The second-order valence-corrected chi connectivity index (χ2v) is 5.66. The van der Waals surface area contributed by atoms with Crippen molar-refractivity contribution in [2.24, 2.45) is 11.8 Å². The molecule has 0 aromatic heterocycles. The fraction of sp³-hybridized carbons (Fsp3) is 0.929. The molecular weight excluding hydrogens is 228 g/mol. The molecule has 1 fully saturated rings. The van der Waals surface area contributed by atoms with Crippen molar-refractivity contribution in [2.45, 2.75) is 33.1 Å². The van der Waals surface area contributed by atoms with E-state index in [1.807, 2.05) is 0 Å². The molecule has 0 amide bonds. The molecule has 1 N–H and O–H groups in total. The molecule has 0 radical (unpaired) electrons. The van der Waals surface area contributed by atoms with Gasteiger partial charge in [0.2, 0.25) is 0 Å². The lowest BCUT2D eigenvalue weighted by atomic mass is 9.96. The number of rotatable bonds is 7. The standard InChI is InChI=1S/C14H28N2O2/c1-12(2)10-15-11-13-4-7-16(8-5-13)9-6-14(17)18-3/h12-13,15H,4-11H2,1-3H3. The number of esters is 1. The average molecular weight is 256 g/mol. The summed E-state index contributed by atoms with van der Waals surface area (Å²) in [5, 5.41) is 3.54. The smallest absolute Gasteiger partial charge is 0.306 e. The second kappa shape index (κ2) is 8.48. The third-order valence-corrected chi connectivity index (χ3v) is 3.55. The summed E-state index contributed by atoms with van der Waals surface area (Å²) in [7, 11) is 1.45. The Morgan fingerprint density at radius 3 is 2.61 bits per heavy atom. The summed E-state index contributed by atoms with van der Waals surface area (Å²) in [6, 6.07) is 0. The van der Waals surface area contributed by atoms with Crippen molar-refractivity contribution >= 4 is 5.97 Å². The number of carbonyl (C=O) groups excluding carboxylic acids is 1. The maximum atomic E-state index is 11.1. The van der Waals surface area contributed by atoms with Crippen molar-refractivity contribution in [1.82, 2.24) is 10.2 Å². The van der Waals surface area contributed by atoms with E-state index in [-0.39, 0.29) is 5.97 Å². The fourth-order valence-corrected chi connectivity index (χ4v) is 2.34. The molecule has 0 unspecified atom stereocenters. The highest BCUT2D eigenvalue weighted by Gasteiger charge is 2.19. The van der Waals surface area contributed by atoms with Crippen molar-refractivity contribution in [3.63, 3.8) is 0 Å². The first kappa shape index (κ1) is 15.4. The van der Waals surface area contributed by atoms with Gasteiger partial charge in [0.05, 0.1) is 13.5 Å². The van der Waals surface area contributed by atoms with Crippen LogP contribution in [0.4, 0.5) is 0 Å². The summed E-state index contributed by atoms with van der Waals surface area (Å²) in [5.74, 6) is 1.43. The predicted octanol–water partition coefficient (Wildman–Crippen LogP) is 1.51. The number of hydrogen-bond acceptors (Lipinski definition) is 4. The molecule has 0 bridgehead atoms. The Morgan fingerprint density at radius 1 is 1.39 bits per heavy atom. The fourth-order valence-electron chi connectivity index (χ4n) is 2.34. The van der Waals surface area contributed by atoms with E-state index in [1.54, 1.807) is 0 Å². The summed E-state index contributed by atoms with van der Waals surface area (Å²) in [6.07, 6.45) is 3.01.